The van der Waals surface area contributed by atoms with Crippen molar-refractivity contribution in [3.63, 3.8) is 0 Å². The number of nitriles is 1. The first-order chi connectivity index (χ1) is 19.6. The van der Waals surface area contributed by atoms with Gasteiger partial charge in [-0.25, -0.2) is 4.79 Å². The third kappa shape index (κ3) is 6.87. The van der Waals surface area contributed by atoms with Crippen LogP contribution in [-0.2, 0) is 26.3 Å². The van der Waals surface area contributed by atoms with Gasteiger partial charge in [-0.2, -0.15) is 5.26 Å². The number of methoxy groups -OCH3 is 1. The lowest BCUT2D eigenvalue weighted by Gasteiger charge is -2.37. The summed E-state index contributed by atoms with van der Waals surface area (Å²) in [6.45, 7) is 6.75. The molecule has 2 N–H and O–H groups in total. The number of benzene rings is 3. The molecule has 3 aromatic carbocycles. The Morgan fingerprint density at radius 2 is 1.78 bits per heavy atom. The van der Waals surface area contributed by atoms with E-state index in [4.69, 9.17) is 11.6 Å². The lowest BCUT2D eigenvalue weighted by Crippen LogP contribution is -2.45. The average molecular weight is 570 g/mol. The molecule has 1 heterocycles. The van der Waals surface area contributed by atoms with Crippen LogP contribution in [0, 0.1) is 16.7 Å². The van der Waals surface area contributed by atoms with Crippen molar-refractivity contribution in [2.75, 3.05) is 7.11 Å². The van der Waals surface area contributed by atoms with Crippen LogP contribution in [0.3, 0.4) is 0 Å². The van der Waals surface area contributed by atoms with E-state index in [1.807, 2.05) is 72.8 Å². The minimum absolute atomic E-state index is 0.0944. The summed E-state index contributed by atoms with van der Waals surface area (Å²) in [6, 6.07) is 26.6. The zero-order chi connectivity index (χ0) is 29.6. The SMILES string of the molecule is COC(=O)/C=C/c1ccc(CNC(=O)C2N[C@@H](CC(C)(C)C)[C@](C#N)(c3ccccc3)[C@H]2c2cccc(Cl)c2)cc1. The average Bonchev–Trinajstić information content (AvgIpc) is 3.29. The van der Waals surface area contributed by atoms with E-state index in [1.165, 1.54) is 13.2 Å². The standard InChI is InChI=1S/C34H36ClN3O3/c1-33(2,3)20-28-34(22-36,26-10-6-5-7-11-26)30(25-9-8-12-27(35)19-25)31(38-28)32(40)37-21-24-15-13-23(14-16-24)17-18-29(39)41-4/h5-19,28,30-31,38H,20-21H2,1-4H3,(H,37,40)/b18-17+/t28-,30-,31?,34-/m0/s1. The van der Waals surface area contributed by atoms with Crippen molar-refractivity contribution in [3.8, 4) is 6.07 Å². The first-order valence-electron chi connectivity index (χ1n) is 13.7. The lowest BCUT2D eigenvalue weighted by atomic mass is 9.63. The molecule has 7 heteroatoms. The maximum absolute atomic E-state index is 13.9. The Balaban J connectivity index is 1.68. The molecule has 0 radical (unpaired) electrons. The van der Waals surface area contributed by atoms with Crippen molar-refractivity contribution in [3.05, 3.63) is 112 Å². The Labute approximate surface area is 247 Å². The highest BCUT2D eigenvalue weighted by atomic mass is 35.5. The fourth-order valence-electron chi connectivity index (χ4n) is 5.72. The van der Waals surface area contributed by atoms with Gasteiger partial charge in [-0.15, -0.1) is 0 Å². The van der Waals surface area contributed by atoms with Gasteiger partial charge >= 0.3 is 5.97 Å². The van der Waals surface area contributed by atoms with E-state index >= 15 is 0 Å². The molecular weight excluding hydrogens is 534 g/mol. The Bertz CT molecular complexity index is 1440. The van der Waals surface area contributed by atoms with Crippen LogP contribution in [0.4, 0.5) is 0 Å². The fourth-order valence-corrected chi connectivity index (χ4v) is 5.92. The maximum Gasteiger partial charge on any atom is 0.330 e. The summed E-state index contributed by atoms with van der Waals surface area (Å²) in [5, 5.41) is 18.2. The van der Waals surface area contributed by atoms with Gasteiger partial charge in [-0.3, -0.25) is 4.79 Å². The third-order valence-corrected chi connectivity index (χ3v) is 7.79. The number of carbonyl (C=O) groups is 2. The van der Waals surface area contributed by atoms with Crippen molar-refractivity contribution >= 4 is 29.6 Å². The summed E-state index contributed by atoms with van der Waals surface area (Å²) in [7, 11) is 1.33. The molecule has 4 atom stereocenters. The number of carbonyl (C=O) groups excluding carboxylic acids is 2. The highest BCUT2D eigenvalue weighted by Gasteiger charge is 2.59. The Kier molecular flexibility index (Phi) is 9.32. The quantitative estimate of drug-likeness (QED) is 0.250. The largest absolute Gasteiger partial charge is 0.466 e. The highest BCUT2D eigenvalue weighted by molar-refractivity contribution is 6.30. The zero-order valence-corrected chi connectivity index (χ0v) is 24.6. The molecule has 0 spiro atoms. The molecule has 1 fully saturated rings. The molecule has 41 heavy (non-hydrogen) atoms. The van der Waals surface area contributed by atoms with Crippen LogP contribution in [0.1, 0.15) is 55.4 Å². The van der Waals surface area contributed by atoms with Crippen LogP contribution in [0.15, 0.2) is 84.9 Å². The number of hydrogen-bond donors (Lipinski definition) is 2. The van der Waals surface area contributed by atoms with E-state index in [0.717, 1.165) is 22.3 Å². The van der Waals surface area contributed by atoms with E-state index < -0.39 is 23.3 Å². The number of esters is 1. The molecule has 0 aromatic heterocycles. The van der Waals surface area contributed by atoms with Gasteiger partial charge in [0.1, 0.15) is 5.41 Å². The number of halogens is 1. The fraction of sp³-hybridized carbons (Fsp3) is 0.324. The summed E-state index contributed by atoms with van der Waals surface area (Å²) in [5.74, 6) is -1.09. The van der Waals surface area contributed by atoms with E-state index in [0.29, 0.717) is 18.0 Å². The summed E-state index contributed by atoms with van der Waals surface area (Å²) >= 11 is 6.44. The number of amides is 1. The Morgan fingerprint density at radius 3 is 2.39 bits per heavy atom. The Morgan fingerprint density at radius 1 is 1.07 bits per heavy atom. The Hall–Kier alpha value is -3.92. The zero-order valence-electron chi connectivity index (χ0n) is 23.9. The molecule has 4 rings (SSSR count). The van der Waals surface area contributed by atoms with Crippen molar-refractivity contribution in [1.29, 1.82) is 5.26 Å². The van der Waals surface area contributed by atoms with Crippen molar-refractivity contribution in [2.45, 2.75) is 57.2 Å². The molecular formula is C34H36ClN3O3. The molecule has 0 aliphatic carbocycles. The normalized spacial score (nSPS) is 22.3. The molecule has 1 amide bonds. The first-order valence-corrected chi connectivity index (χ1v) is 14.1. The van der Waals surface area contributed by atoms with Gasteiger partial charge in [0, 0.05) is 29.6 Å². The molecule has 3 aromatic rings. The molecule has 212 valence electrons. The highest BCUT2D eigenvalue weighted by Crippen LogP contribution is 2.51. The molecule has 0 saturated carbocycles. The molecule has 1 aliphatic heterocycles. The van der Waals surface area contributed by atoms with Crippen LogP contribution in [0.2, 0.25) is 5.02 Å². The molecule has 0 bridgehead atoms. The second-order valence-corrected chi connectivity index (χ2v) is 12.1. The summed E-state index contributed by atoms with van der Waals surface area (Å²) in [4.78, 5) is 25.3. The predicted octanol–water partition coefficient (Wildman–Crippen LogP) is 6.16. The number of rotatable bonds is 8. The molecule has 6 nitrogen and oxygen atoms in total. The number of nitrogens with one attached hydrogen (secondary N) is 2. The summed E-state index contributed by atoms with van der Waals surface area (Å²) in [6.07, 6.45) is 3.73. The minimum atomic E-state index is -1.01. The molecule has 1 saturated heterocycles. The van der Waals surface area contributed by atoms with Crippen molar-refractivity contribution < 1.29 is 14.3 Å². The predicted molar refractivity (Wildman–Crippen MR) is 162 cm³/mol. The van der Waals surface area contributed by atoms with Crippen LogP contribution >= 0.6 is 11.6 Å². The second kappa shape index (κ2) is 12.7. The molecule has 1 unspecified atom stereocenters. The number of nitrogens with zero attached hydrogens (tertiary/aromatic N) is 1. The monoisotopic (exact) mass is 569 g/mol. The van der Waals surface area contributed by atoms with Gasteiger partial charge in [0.25, 0.3) is 0 Å². The van der Waals surface area contributed by atoms with E-state index in [9.17, 15) is 14.9 Å². The lowest BCUT2D eigenvalue weighted by molar-refractivity contribution is -0.134. The first kappa shape index (κ1) is 30.0. The van der Waals surface area contributed by atoms with Gasteiger partial charge in [-0.05, 0) is 52.3 Å². The summed E-state index contributed by atoms with van der Waals surface area (Å²) in [5.41, 5.74) is 2.37. The van der Waals surface area contributed by atoms with E-state index in [-0.39, 0.29) is 17.4 Å². The van der Waals surface area contributed by atoms with Crippen LogP contribution in [0.5, 0.6) is 0 Å². The molecule has 1 aliphatic rings. The van der Waals surface area contributed by atoms with Crippen molar-refractivity contribution in [2.24, 2.45) is 5.41 Å². The van der Waals surface area contributed by atoms with Gasteiger partial charge in [0.2, 0.25) is 5.91 Å². The van der Waals surface area contributed by atoms with Crippen LogP contribution in [0.25, 0.3) is 6.08 Å². The van der Waals surface area contributed by atoms with E-state index in [1.54, 1.807) is 12.1 Å². The maximum atomic E-state index is 13.9. The van der Waals surface area contributed by atoms with E-state index in [2.05, 4.69) is 42.2 Å². The smallest absolute Gasteiger partial charge is 0.330 e. The second-order valence-electron chi connectivity index (χ2n) is 11.7. The third-order valence-electron chi connectivity index (χ3n) is 7.56. The van der Waals surface area contributed by atoms with Gasteiger partial charge < -0.3 is 15.4 Å². The van der Waals surface area contributed by atoms with Crippen molar-refractivity contribution in [1.82, 2.24) is 10.6 Å². The summed E-state index contributed by atoms with van der Waals surface area (Å²) < 4.78 is 4.63. The van der Waals surface area contributed by atoms with Crippen LogP contribution < -0.4 is 10.6 Å². The topological polar surface area (TPSA) is 91.2 Å². The van der Waals surface area contributed by atoms with Crippen LogP contribution in [-0.4, -0.2) is 31.1 Å². The number of hydrogen-bond acceptors (Lipinski definition) is 5. The van der Waals surface area contributed by atoms with Gasteiger partial charge in [0.05, 0.1) is 19.2 Å². The van der Waals surface area contributed by atoms with Gasteiger partial charge in [-0.1, -0.05) is 99.1 Å². The van der Waals surface area contributed by atoms with Gasteiger partial charge in [0.15, 0.2) is 0 Å². The minimum Gasteiger partial charge on any atom is -0.466 e. The number of ether oxygens (including phenoxy) is 1.